The van der Waals surface area contributed by atoms with Crippen LogP contribution in [0.2, 0.25) is 0 Å². The maximum Gasteiger partial charge on any atom is 2.00 e. The van der Waals surface area contributed by atoms with E-state index in [9.17, 15) is 36.2 Å². The zero-order valence-corrected chi connectivity index (χ0v) is 38.8. The van der Waals surface area contributed by atoms with E-state index >= 15 is 0 Å². The molecule has 0 aliphatic carbocycles. The van der Waals surface area contributed by atoms with Crippen LogP contribution >= 0.6 is 0 Å². The van der Waals surface area contributed by atoms with Crippen molar-refractivity contribution >= 4 is 58.0 Å². The third-order valence-electron chi connectivity index (χ3n) is 9.90. The molecular formula is C46H62CaO10S2. The summed E-state index contributed by atoms with van der Waals surface area (Å²) in [4.78, 5) is -0.330. The molecule has 320 valence electrons. The van der Waals surface area contributed by atoms with Crippen molar-refractivity contribution in [2.45, 2.75) is 152 Å². The molecular weight excluding hydrogens is 817 g/mol. The van der Waals surface area contributed by atoms with Gasteiger partial charge in [0.05, 0.1) is 4.90 Å². The minimum absolute atomic E-state index is 0. The van der Waals surface area contributed by atoms with E-state index in [0.717, 1.165) is 38.5 Å². The second-order valence-corrected chi connectivity index (χ2v) is 17.5. The smallest absolute Gasteiger partial charge is 0.872 e. The summed E-state index contributed by atoms with van der Waals surface area (Å²) < 4.78 is 80.1. The van der Waals surface area contributed by atoms with E-state index in [-0.39, 0.29) is 59.0 Å². The summed E-state index contributed by atoms with van der Waals surface area (Å²) in [7, 11) is -8.93. The van der Waals surface area contributed by atoms with E-state index < -0.39 is 20.2 Å². The van der Waals surface area contributed by atoms with Crippen LogP contribution in [0, 0.1) is 0 Å². The van der Waals surface area contributed by atoms with E-state index in [1.54, 1.807) is 30.3 Å². The third kappa shape index (κ3) is 20.5. The summed E-state index contributed by atoms with van der Waals surface area (Å²) >= 11 is 0. The van der Waals surface area contributed by atoms with Crippen LogP contribution in [0.1, 0.15) is 141 Å². The van der Waals surface area contributed by atoms with Crippen molar-refractivity contribution in [2.24, 2.45) is 0 Å². The molecule has 0 fully saturated rings. The maximum atomic E-state index is 11.8. The maximum absolute atomic E-state index is 11.8. The molecule has 0 heterocycles. The average Bonchev–Trinajstić information content (AvgIpc) is 3.18. The van der Waals surface area contributed by atoms with Gasteiger partial charge in [-0.25, -0.2) is 8.42 Å². The number of ether oxygens (including phenoxy) is 2. The Labute approximate surface area is 383 Å². The van der Waals surface area contributed by atoms with E-state index in [1.165, 1.54) is 132 Å². The Morgan fingerprint density at radius 3 is 1.25 bits per heavy atom. The van der Waals surface area contributed by atoms with Gasteiger partial charge in [-0.15, -0.1) is 5.75 Å². The van der Waals surface area contributed by atoms with Gasteiger partial charge in [-0.05, 0) is 86.3 Å². The minimum Gasteiger partial charge on any atom is -0.872 e. The van der Waals surface area contributed by atoms with Crippen molar-refractivity contribution < 1.29 is 45.6 Å². The number of hydrogen-bond acceptors (Lipinski definition) is 9. The number of hydrogen-bond donors (Lipinski definition) is 2. The molecule has 59 heavy (non-hydrogen) atoms. The fraction of sp³-hybridized carbons (Fsp3) is 0.478. The van der Waals surface area contributed by atoms with Gasteiger partial charge >= 0.3 is 37.7 Å². The summed E-state index contributed by atoms with van der Waals surface area (Å²) in [6.07, 6.45) is 21.9. The Bertz CT molecular complexity index is 1840. The first-order valence-corrected chi connectivity index (χ1v) is 23.8. The molecule has 10 nitrogen and oxygen atoms in total. The summed E-state index contributed by atoms with van der Waals surface area (Å²) in [6, 6.07) is 21.2. The molecule has 2 N–H and O–H groups in total. The molecule has 0 aromatic heterocycles. The predicted octanol–water partition coefficient (Wildman–Crippen LogP) is 11.7. The van der Waals surface area contributed by atoms with E-state index in [1.807, 2.05) is 0 Å². The monoisotopic (exact) mass is 878 g/mol. The molecule has 0 saturated heterocycles. The van der Waals surface area contributed by atoms with Crippen LogP contribution in [-0.4, -0.2) is 68.8 Å². The Balaban J connectivity index is 0.000000400. The van der Waals surface area contributed by atoms with Crippen LogP contribution < -0.4 is 14.6 Å². The van der Waals surface area contributed by atoms with E-state index in [2.05, 4.69) is 13.8 Å². The molecule has 13 heteroatoms. The van der Waals surface area contributed by atoms with Crippen LogP contribution in [0.3, 0.4) is 0 Å². The Kier molecular flexibility index (Phi) is 25.4. The normalized spacial score (nSPS) is 11.3. The molecule has 0 aliphatic heterocycles. The summed E-state index contributed by atoms with van der Waals surface area (Å²) in [5.41, 5.74) is 0.905. The Morgan fingerprint density at radius 1 is 0.508 bits per heavy atom. The number of unbranched alkanes of at least 4 members (excludes halogenated alkanes) is 16. The van der Waals surface area contributed by atoms with E-state index in [4.69, 9.17) is 9.47 Å². The fourth-order valence-corrected chi connectivity index (χ4v) is 8.27. The van der Waals surface area contributed by atoms with Gasteiger partial charge in [0.15, 0.2) is 0 Å². The van der Waals surface area contributed by atoms with Crippen molar-refractivity contribution in [1.29, 1.82) is 0 Å². The largest absolute Gasteiger partial charge is 2.00 e. The van der Waals surface area contributed by atoms with Crippen molar-refractivity contribution in [3.8, 4) is 34.5 Å². The fourth-order valence-electron chi connectivity index (χ4n) is 6.75. The number of aromatic hydroxyl groups is 1. The first kappa shape index (κ1) is 52.3. The van der Waals surface area contributed by atoms with Gasteiger partial charge in [0, 0.05) is 11.1 Å². The van der Waals surface area contributed by atoms with Crippen molar-refractivity contribution in [3.05, 3.63) is 96.1 Å². The van der Waals surface area contributed by atoms with Gasteiger partial charge in [0.25, 0.3) is 10.1 Å². The van der Waals surface area contributed by atoms with Crippen LogP contribution in [0.15, 0.2) is 94.7 Å². The van der Waals surface area contributed by atoms with Crippen molar-refractivity contribution in [1.82, 2.24) is 0 Å². The number of benzene rings is 4. The standard InChI is InChI=1S/2C23H32O5S.Ca/c2*1-2-3-4-5-6-7-8-9-10-12-21-22(13-11-14-23(21)29(25,26)27)28-20-17-15-19(24)16-18-20;/h2*11,13-18,24H,2-10,12H2,1H3,(H,25,26,27);/q;;+2/p-2. The molecule has 4 aromatic carbocycles. The van der Waals surface area contributed by atoms with E-state index in [0.29, 0.717) is 47.0 Å². The van der Waals surface area contributed by atoms with Gasteiger partial charge < -0.3 is 24.2 Å². The van der Waals surface area contributed by atoms with Crippen molar-refractivity contribution in [3.63, 3.8) is 0 Å². The van der Waals surface area contributed by atoms with Gasteiger partial charge in [-0.2, -0.15) is 8.42 Å². The van der Waals surface area contributed by atoms with Crippen LogP contribution in [0.25, 0.3) is 0 Å². The minimum atomic E-state index is -4.60. The summed E-state index contributed by atoms with van der Waals surface area (Å²) in [5, 5.41) is 20.7. The third-order valence-corrected chi connectivity index (χ3v) is 11.8. The van der Waals surface area contributed by atoms with Gasteiger partial charge in [-0.3, -0.25) is 4.55 Å². The zero-order chi connectivity index (χ0) is 42.2. The number of phenols is 1. The molecule has 0 unspecified atom stereocenters. The molecule has 0 atom stereocenters. The quantitative estimate of drug-likeness (QED) is 0.0351. The van der Waals surface area contributed by atoms with Gasteiger partial charge in [0.2, 0.25) is 0 Å². The molecule has 0 radical (unpaired) electrons. The topological polar surface area (TPSA) is 173 Å². The van der Waals surface area contributed by atoms with Crippen molar-refractivity contribution in [2.75, 3.05) is 0 Å². The molecule has 0 bridgehead atoms. The molecule has 4 aromatic rings. The number of phenolic OH excluding ortho intramolecular Hbond substituents is 1. The molecule has 4 rings (SSSR count). The second kappa shape index (κ2) is 28.6. The second-order valence-electron chi connectivity index (χ2n) is 14.7. The van der Waals surface area contributed by atoms with Gasteiger partial charge in [0.1, 0.15) is 43.8 Å². The molecule has 0 amide bonds. The Hall–Kier alpha value is -2.84. The Morgan fingerprint density at radius 2 is 0.864 bits per heavy atom. The van der Waals surface area contributed by atoms with Gasteiger partial charge in [-0.1, -0.05) is 141 Å². The SMILES string of the molecule is CCCCCCCCCCCc1c(Oc2ccc(O)cc2)cccc1S(=O)(=O)O.CCCCCCCCCCCc1c(Oc2ccc([O-])cc2)cccc1S(=O)(=O)[O-].[Ca+2]. The zero-order valence-electron chi connectivity index (χ0n) is 34.9. The average molecular weight is 879 g/mol. The van der Waals surface area contributed by atoms with Crippen LogP contribution in [0.5, 0.6) is 34.5 Å². The molecule has 0 aliphatic rings. The molecule has 0 spiro atoms. The predicted molar refractivity (Wildman–Crippen MR) is 232 cm³/mol. The summed E-state index contributed by atoms with van der Waals surface area (Å²) in [5.74, 6) is 1.66. The first-order valence-electron chi connectivity index (χ1n) is 20.9. The molecule has 0 saturated carbocycles. The van der Waals surface area contributed by atoms with Crippen LogP contribution in [0.4, 0.5) is 0 Å². The van der Waals surface area contributed by atoms with Crippen LogP contribution in [-0.2, 0) is 33.1 Å². The summed E-state index contributed by atoms with van der Waals surface area (Å²) in [6.45, 7) is 4.42. The number of rotatable bonds is 26. The first-order chi connectivity index (χ1) is 27.8.